The highest BCUT2D eigenvalue weighted by Crippen LogP contribution is 2.31. The fraction of sp³-hybridized carbons (Fsp3) is 0.294. The Morgan fingerprint density at radius 1 is 1.05 bits per heavy atom. The van der Waals surface area contributed by atoms with Crippen molar-refractivity contribution in [1.82, 2.24) is 0 Å². The van der Waals surface area contributed by atoms with Gasteiger partial charge in [-0.3, -0.25) is 0 Å². The van der Waals surface area contributed by atoms with Gasteiger partial charge < -0.3 is 5.32 Å². The Bertz CT molecular complexity index is 610. The standard InChI is InChI=1S/C17H17F2N/c18-15-9-4-10-16(17(15)19)20-11-13-7-3-6-12-5-1-2-8-14(12)13/h1-2,4-5,8-10,13,20H,3,6-7,11H2. The van der Waals surface area contributed by atoms with Crippen molar-refractivity contribution in [2.75, 3.05) is 11.9 Å². The molecule has 0 radical (unpaired) electrons. The van der Waals surface area contributed by atoms with Gasteiger partial charge in [0.25, 0.3) is 0 Å². The first-order valence-electron chi connectivity index (χ1n) is 7.01. The molecule has 1 N–H and O–H groups in total. The van der Waals surface area contributed by atoms with Crippen LogP contribution in [0.5, 0.6) is 0 Å². The summed E-state index contributed by atoms with van der Waals surface area (Å²) in [6.07, 6.45) is 3.34. The molecule has 0 bridgehead atoms. The monoisotopic (exact) mass is 273 g/mol. The highest BCUT2D eigenvalue weighted by atomic mass is 19.2. The third-order valence-corrected chi connectivity index (χ3v) is 3.98. The van der Waals surface area contributed by atoms with Gasteiger partial charge in [0.1, 0.15) is 0 Å². The Hall–Kier alpha value is -1.90. The number of benzene rings is 2. The quantitative estimate of drug-likeness (QED) is 0.868. The maximum absolute atomic E-state index is 13.6. The van der Waals surface area contributed by atoms with Gasteiger partial charge in [-0.1, -0.05) is 30.3 Å². The summed E-state index contributed by atoms with van der Waals surface area (Å²) < 4.78 is 26.8. The lowest BCUT2D eigenvalue weighted by molar-refractivity contribution is 0.509. The van der Waals surface area contributed by atoms with E-state index in [9.17, 15) is 8.78 Å². The normalized spacial score (nSPS) is 17.6. The minimum atomic E-state index is -0.806. The molecule has 104 valence electrons. The highest BCUT2D eigenvalue weighted by Gasteiger charge is 2.20. The Balaban J connectivity index is 1.75. The molecule has 1 unspecified atom stereocenters. The first-order valence-corrected chi connectivity index (χ1v) is 7.01. The molecule has 0 aliphatic heterocycles. The zero-order valence-corrected chi connectivity index (χ0v) is 11.2. The number of fused-ring (bicyclic) bond motifs is 1. The summed E-state index contributed by atoms with van der Waals surface area (Å²) in [4.78, 5) is 0. The fourth-order valence-corrected chi connectivity index (χ4v) is 2.94. The van der Waals surface area contributed by atoms with E-state index in [1.807, 2.05) is 6.07 Å². The summed E-state index contributed by atoms with van der Waals surface area (Å²) in [6, 6.07) is 12.6. The molecule has 20 heavy (non-hydrogen) atoms. The first-order chi connectivity index (χ1) is 9.75. The summed E-state index contributed by atoms with van der Waals surface area (Å²) in [5.74, 6) is -1.24. The molecule has 3 rings (SSSR count). The average molecular weight is 273 g/mol. The van der Waals surface area contributed by atoms with Crippen LogP contribution < -0.4 is 5.32 Å². The third-order valence-electron chi connectivity index (χ3n) is 3.98. The van der Waals surface area contributed by atoms with E-state index >= 15 is 0 Å². The van der Waals surface area contributed by atoms with Crippen molar-refractivity contribution in [2.24, 2.45) is 0 Å². The molecule has 1 atom stereocenters. The number of aryl methyl sites for hydroxylation is 1. The molecule has 0 amide bonds. The predicted molar refractivity (Wildman–Crippen MR) is 77.0 cm³/mol. The molecule has 0 saturated carbocycles. The molecule has 3 heteroatoms. The average Bonchev–Trinajstić information content (AvgIpc) is 2.49. The fourth-order valence-electron chi connectivity index (χ4n) is 2.94. The number of rotatable bonds is 3. The molecular weight excluding hydrogens is 256 g/mol. The van der Waals surface area contributed by atoms with E-state index in [1.54, 1.807) is 6.07 Å². The van der Waals surface area contributed by atoms with Crippen LogP contribution in [0.25, 0.3) is 0 Å². The van der Waals surface area contributed by atoms with Crippen LogP contribution in [0, 0.1) is 11.6 Å². The van der Waals surface area contributed by atoms with E-state index in [1.165, 1.54) is 17.2 Å². The molecule has 1 nitrogen and oxygen atoms in total. The van der Waals surface area contributed by atoms with Gasteiger partial charge in [0, 0.05) is 12.5 Å². The number of nitrogens with one attached hydrogen (secondary N) is 1. The molecule has 0 fully saturated rings. The molecule has 0 saturated heterocycles. The van der Waals surface area contributed by atoms with E-state index in [-0.39, 0.29) is 5.69 Å². The lowest BCUT2D eigenvalue weighted by Gasteiger charge is -2.26. The van der Waals surface area contributed by atoms with Crippen molar-refractivity contribution in [1.29, 1.82) is 0 Å². The zero-order chi connectivity index (χ0) is 13.9. The van der Waals surface area contributed by atoms with Crippen molar-refractivity contribution in [3.63, 3.8) is 0 Å². The first kappa shape index (κ1) is 13.1. The van der Waals surface area contributed by atoms with Crippen LogP contribution in [-0.4, -0.2) is 6.54 Å². The summed E-state index contributed by atoms with van der Waals surface area (Å²) in [7, 11) is 0. The molecule has 1 aliphatic rings. The molecule has 0 aromatic heterocycles. The van der Waals surface area contributed by atoms with E-state index in [4.69, 9.17) is 0 Å². The number of halogens is 2. The third kappa shape index (κ3) is 2.53. The van der Waals surface area contributed by atoms with Crippen molar-refractivity contribution >= 4 is 5.69 Å². The van der Waals surface area contributed by atoms with Crippen LogP contribution in [0.4, 0.5) is 14.5 Å². The van der Waals surface area contributed by atoms with Crippen LogP contribution >= 0.6 is 0 Å². The Morgan fingerprint density at radius 2 is 1.90 bits per heavy atom. The predicted octanol–water partition coefficient (Wildman–Crippen LogP) is 4.50. The SMILES string of the molecule is Fc1cccc(NCC2CCCc3ccccc32)c1F. The number of hydrogen-bond acceptors (Lipinski definition) is 1. The van der Waals surface area contributed by atoms with Crippen LogP contribution in [0.15, 0.2) is 42.5 Å². The van der Waals surface area contributed by atoms with Gasteiger partial charge in [-0.2, -0.15) is 0 Å². The van der Waals surface area contributed by atoms with Crippen LogP contribution in [0.3, 0.4) is 0 Å². The van der Waals surface area contributed by atoms with Gasteiger partial charge >= 0.3 is 0 Å². The second kappa shape index (κ2) is 5.61. The van der Waals surface area contributed by atoms with E-state index in [2.05, 4.69) is 23.5 Å². The zero-order valence-electron chi connectivity index (χ0n) is 11.2. The lowest BCUT2D eigenvalue weighted by atomic mass is 9.83. The molecule has 0 spiro atoms. The molecule has 1 aliphatic carbocycles. The summed E-state index contributed by atoms with van der Waals surface area (Å²) >= 11 is 0. The largest absolute Gasteiger partial charge is 0.382 e. The highest BCUT2D eigenvalue weighted by molar-refractivity contribution is 5.46. The Labute approximate surface area is 117 Å². The topological polar surface area (TPSA) is 12.0 Å². The molecular formula is C17H17F2N. The molecule has 0 heterocycles. The maximum atomic E-state index is 13.6. The Morgan fingerprint density at radius 3 is 2.80 bits per heavy atom. The number of hydrogen-bond donors (Lipinski definition) is 1. The van der Waals surface area contributed by atoms with Gasteiger partial charge in [-0.25, -0.2) is 8.78 Å². The maximum Gasteiger partial charge on any atom is 0.181 e. The van der Waals surface area contributed by atoms with Crippen LogP contribution in [-0.2, 0) is 6.42 Å². The molecule has 2 aromatic rings. The van der Waals surface area contributed by atoms with E-state index in [0.717, 1.165) is 25.3 Å². The van der Waals surface area contributed by atoms with Crippen LogP contribution in [0.1, 0.15) is 29.9 Å². The smallest absolute Gasteiger partial charge is 0.181 e. The second-order valence-corrected chi connectivity index (χ2v) is 5.27. The Kier molecular flexibility index (Phi) is 3.68. The van der Waals surface area contributed by atoms with Gasteiger partial charge in [-0.05, 0) is 42.5 Å². The van der Waals surface area contributed by atoms with Crippen molar-refractivity contribution in [3.05, 3.63) is 65.2 Å². The summed E-state index contributed by atoms with van der Waals surface area (Å²) in [5, 5.41) is 3.05. The number of anilines is 1. The van der Waals surface area contributed by atoms with Gasteiger partial charge in [0.2, 0.25) is 0 Å². The van der Waals surface area contributed by atoms with Crippen LogP contribution in [0.2, 0.25) is 0 Å². The second-order valence-electron chi connectivity index (χ2n) is 5.27. The van der Waals surface area contributed by atoms with Gasteiger partial charge in [0.15, 0.2) is 11.6 Å². The van der Waals surface area contributed by atoms with Crippen molar-refractivity contribution in [3.8, 4) is 0 Å². The van der Waals surface area contributed by atoms with Gasteiger partial charge in [-0.15, -0.1) is 0 Å². The summed E-state index contributed by atoms with van der Waals surface area (Å²) in [6.45, 7) is 0.636. The van der Waals surface area contributed by atoms with E-state index < -0.39 is 11.6 Å². The minimum Gasteiger partial charge on any atom is -0.382 e. The van der Waals surface area contributed by atoms with Gasteiger partial charge in [0.05, 0.1) is 5.69 Å². The minimum absolute atomic E-state index is 0.244. The summed E-state index contributed by atoms with van der Waals surface area (Å²) in [5.41, 5.74) is 2.96. The lowest BCUT2D eigenvalue weighted by Crippen LogP contribution is -2.18. The molecule has 2 aromatic carbocycles. The van der Waals surface area contributed by atoms with Crippen molar-refractivity contribution in [2.45, 2.75) is 25.2 Å². The van der Waals surface area contributed by atoms with E-state index in [0.29, 0.717) is 12.5 Å². The van der Waals surface area contributed by atoms with Crippen molar-refractivity contribution < 1.29 is 8.78 Å².